The number of ether oxygens (including phenoxy) is 1. The fourth-order valence-electron chi connectivity index (χ4n) is 2.55. The number of carbonyl (C=O) groups excluding carboxylic acids is 1. The van der Waals surface area contributed by atoms with Crippen LogP contribution in [0.4, 0.5) is 0 Å². The fraction of sp³-hybridized carbons (Fsp3) is 0.286. The molecule has 0 saturated heterocycles. The Labute approximate surface area is 166 Å². The fourth-order valence-corrected chi connectivity index (χ4v) is 4.01. The maximum atomic E-state index is 12.5. The molecule has 2 aromatic carbocycles. The Morgan fingerprint density at radius 1 is 1.04 bits per heavy atom. The summed E-state index contributed by atoms with van der Waals surface area (Å²) < 4.78 is 31.8. The van der Waals surface area contributed by atoms with Gasteiger partial charge < -0.3 is 10.1 Å². The standard InChI is InChI=1S/C21H26N2O4S/c1-3-23(4-2)28(25,26)20-13-10-18(11-14-20)12-15-21(24)22-16-17-27-19-8-6-5-7-9-19/h5-15H,3-4,16-17H2,1-2H3,(H,22,24). The van der Waals surface area contributed by atoms with Crippen LogP contribution in [-0.2, 0) is 14.8 Å². The zero-order chi connectivity index (χ0) is 20.4. The predicted octanol–water partition coefficient (Wildman–Crippen LogP) is 2.93. The summed E-state index contributed by atoms with van der Waals surface area (Å²) in [6, 6.07) is 15.8. The highest BCUT2D eigenvalue weighted by atomic mass is 32.2. The van der Waals surface area contributed by atoms with Crippen LogP contribution in [0.25, 0.3) is 6.08 Å². The van der Waals surface area contributed by atoms with Gasteiger partial charge in [0.25, 0.3) is 0 Å². The Hall–Kier alpha value is -2.64. The van der Waals surface area contributed by atoms with E-state index in [4.69, 9.17) is 4.74 Å². The monoisotopic (exact) mass is 402 g/mol. The van der Waals surface area contributed by atoms with E-state index in [0.717, 1.165) is 11.3 Å². The number of amides is 1. The molecule has 0 aliphatic rings. The van der Waals surface area contributed by atoms with Gasteiger partial charge in [-0.1, -0.05) is 44.2 Å². The molecule has 2 aromatic rings. The Morgan fingerprint density at radius 2 is 1.68 bits per heavy atom. The zero-order valence-electron chi connectivity index (χ0n) is 16.2. The molecule has 7 heteroatoms. The van der Waals surface area contributed by atoms with E-state index in [1.54, 1.807) is 30.3 Å². The lowest BCUT2D eigenvalue weighted by atomic mass is 10.2. The summed E-state index contributed by atoms with van der Waals surface area (Å²) in [6.07, 6.45) is 3.05. The topological polar surface area (TPSA) is 75.7 Å². The highest BCUT2D eigenvalue weighted by Gasteiger charge is 2.20. The molecule has 0 radical (unpaired) electrons. The van der Waals surface area contributed by atoms with Crippen LogP contribution in [0.1, 0.15) is 19.4 Å². The third kappa shape index (κ3) is 6.21. The van der Waals surface area contributed by atoms with Gasteiger partial charge in [-0.15, -0.1) is 0 Å². The van der Waals surface area contributed by atoms with Crippen molar-refractivity contribution in [1.82, 2.24) is 9.62 Å². The van der Waals surface area contributed by atoms with Crippen LogP contribution < -0.4 is 10.1 Å². The minimum atomic E-state index is -3.47. The molecule has 0 aliphatic carbocycles. The Morgan fingerprint density at radius 3 is 2.29 bits per heavy atom. The number of hydrogen-bond donors (Lipinski definition) is 1. The lowest BCUT2D eigenvalue weighted by molar-refractivity contribution is -0.116. The summed E-state index contributed by atoms with van der Waals surface area (Å²) in [7, 11) is -3.47. The van der Waals surface area contributed by atoms with Crippen LogP contribution in [0.5, 0.6) is 5.75 Å². The average Bonchev–Trinajstić information content (AvgIpc) is 2.71. The van der Waals surface area contributed by atoms with Crippen LogP contribution in [0.3, 0.4) is 0 Å². The molecule has 1 N–H and O–H groups in total. The van der Waals surface area contributed by atoms with Gasteiger partial charge in [-0.3, -0.25) is 4.79 Å². The van der Waals surface area contributed by atoms with Crippen molar-refractivity contribution < 1.29 is 17.9 Å². The van der Waals surface area contributed by atoms with Gasteiger partial charge >= 0.3 is 0 Å². The van der Waals surface area contributed by atoms with E-state index in [-0.39, 0.29) is 10.8 Å². The van der Waals surface area contributed by atoms with E-state index >= 15 is 0 Å². The largest absolute Gasteiger partial charge is 0.492 e. The van der Waals surface area contributed by atoms with Gasteiger partial charge in [-0.25, -0.2) is 8.42 Å². The maximum Gasteiger partial charge on any atom is 0.244 e. The molecular formula is C21H26N2O4S. The van der Waals surface area contributed by atoms with E-state index in [2.05, 4.69) is 5.32 Å². The highest BCUT2D eigenvalue weighted by molar-refractivity contribution is 7.89. The second-order valence-electron chi connectivity index (χ2n) is 5.94. The molecule has 0 atom stereocenters. The molecule has 28 heavy (non-hydrogen) atoms. The number of para-hydroxylation sites is 1. The van der Waals surface area contributed by atoms with E-state index in [1.165, 1.54) is 10.4 Å². The number of hydrogen-bond acceptors (Lipinski definition) is 4. The van der Waals surface area contributed by atoms with Gasteiger partial charge in [0, 0.05) is 19.2 Å². The van der Waals surface area contributed by atoms with Crippen molar-refractivity contribution in [1.29, 1.82) is 0 Å². The van der Waals surface area contributed by atoms with Crippen LogP contribution >= 0.6 is 0 Å². The van der Waals surface area contributed by atoms with E-state index < -0.39 is 10.0 Å². The van der Waals surface area contributed by atoms with Gasteiger partial charge in [0.05, 0.1) is 11.4 Å². The number of sulfonamides is 1. The number of carbonyl (C=O) groups is 1. The molecule has 150 valence electrons. The van der Waals surface area contributed by atoms with Gasteiger partial charge in [0.1, 0.15) is 12.4 Å². The van der Waals surface area contributed by atoms with Crippen molar-refractivity contribution in [3.8, 4) is 5.75 Å². The summed E-state index contributed by atoms with van der Waals surface area (Å²) in [6.45, 7) is 5.23. The second kappa shape index (κ2) is 10.6. The molecule has 1 amide bonds. The van der Waals surface area contributed by atoms with Crippen molar-refractivity contribution in [3.05, 3.63) is 66.2 Å². The smallest absolute Gasteiger partial charge is 0.244 e. The second-order valence-corrected chi connectivity index (χ2v) is 7.88. The lowest BCUT2D eigenvalue weighted by Gasteiger charge is -2.18. The molecule has 0 unspecified atom stereocenters. The molecule has 6 nitrogen and oxygen atoms in total. The Bertz CT molecular complexity index is 874. The van der Waals surface area contributed by atoms with Crippen LogP contribution in [0.15, 0.2) is 65.6 Å². The number of nitrogens with one attached hydrogen (secondary N) is 1. The molecule has 0 spiro atoms. The third-order valence-corrected chi connectivity index (χ3v) is 6.13. The third-order valence-electron chi connectivity index (χ3n) is 4.06. The van der Waals surface area contributed by atoms with E-state index in [1.807, 2.05) is 44.2 Å². The summed E-state index contributed by atoms with van der Waals surface area (Å²) in [5.74, 6) is 0.517. The van der Waals surface area contributed by atoms with Crippen LogP contribution in [0.2, 0.25) is 0 Å². The quantitative estimate of drug-likeness (QED) is 0.490. The van der Waals surface area contributed by atoms with Crippen LogP contribution in [0, 0.1) is 0 Å². The number of benzene rings is 2. The van der Waals surface area contributed by atoms with Crippen molar-refractivity contribution in [2.75, 3.05) is 26.2 Å². The van der Waals surface area contributed by atoms with Crippen LogP contribution in [-0.4, -0.2) is 44.9 Å². The minimum absolute atomic E-state index is 0.239. The average molecular weight is 403 g/mol. The molecule has 0 aromatic heterocycles. The van der Waals surface area contributed by atoms with Crippen molar-refractivity contribution in [2.24, 2.45) is 0 Å². The first-order valence-electron chi connectivity index (χ1n) is 9.21. The van der Waals surface area contributed by atoms with Gasteiger partial charge in [-0.05, 0) is 35.9 Å². The summed E-state index contributed by atoms with van der Waals surface area (Å²) >= 11 is 0. The molecule has 0 saturated carbocycles. The molecule has 0 fully saturated rings. The van der Waals surface area contributed by atoms with Gasteiger partial charge in [0.15, 0.2) is 0 Å². The summed E-state index contributed by atoms with van der Waals surface area (Å²) in [5, 5.41) is 2.74. The summed E-state index contributed by atoms with van der Waals surface area (Å²) in [5.41, 5.74) is 0.745. The molecule has 2 rings (SSSR count). The normalized spacial score (nSPS) is 11.7. The van der Waals surface area contributed by atoms with E-state index in [9.17, 15) is 13.2 Å². The lowest BCUT2D eigenvalue weighted by Crippen LogP contribution is -2.30. The van der Waals surface area contributed by atoms with Gasteiger partial charge in [-0.2, -0.15) is 4.31 Å². The Kier molecular flexibility index (Phi) is 8.22. The van der Waals surface area contributed by atoms with E-state index in [0.29, 0.717) is 26.2 Å². The van der Waals surface area contributed by atoms with Crippen molar-refractivity contribution >= 4 is 22.0 Å². The van der Waals surface area contributed by atoms with Crippen molar-refractivity contribution in [3.63, 3.8) is 0 Å². The zero-order valence-corrected chi connectivity index (χ0v) is 17.0. The molecule has 0 bridgehead atoms. The first kappa shape index (κ1) is 21.7. The number of rotatable bonds is 10. The SMILES string of the molecule is CCN(CC)S(=O)(=O)c1ccc(C=CC(=O)NCCOc2ccccc2)cc1. The Balaban J connectivity index is 1.84. The van der Waals surface area contributed by atoms with Gasteiger partial charge in [0.2, 0.25) is 15.9 Å². The first-order chi connectivity index (χ1) is 13.5. The minimum Gasteiger partial charge on any atom is -0.492 e. The molecular weight excluding hydrogens is 376 g/mol. The highest BCUT2D eigenvalue weighted by Crippen LogP contribution is 2.16. The summed E-state index contributed by atoms with van der Waals surface area (Å²) in [4.78, 5) is 12.1. The van der Waals surface area contributed by atoms with Crippen molar-refractivity contribution in [2.45, 2.75) is 18.7 Å². The first-order valence-corrected chi connectivity index (χ1v) is 10.6. The molecule has 0 aliphatic heterocycles. The molecule has 0 heterocycles. The predicted molar refractivity (Wildman–Crippen MR) is 111 cm³/mol. The number of nitrogens with zero attached hydrogens (tertiary/aromatic N) is 1. The maximum absolute atomic E-state index is 12.5.